The molecule has 0 amide bonds. The number of hydrogen-bond acceptors (Lipinski definition) is 5. The number of carboxylic acid groups (broad SMARTS) is 1. The number of ether oxygens (including phenoxy) is 1. The SMILES string of the molecule is O=C(O)c1ccc(NS(=O)(=O)c2ccc3c(c2)CCO3)s1. The smallest absolute Gasteiger partial charge is 0.345 e. The molecule has 0 saturated carbocycles. The average molecular weight is 325 g/mol. The van der Waals surface area contributed by atoms with Crippen LogP contribution in [0.4, 0.5) is 5.00 Å². The van der Waals surface area contributed by atoms with E-state index in [0.29, 0.717) is 18.8 Å². The standard InChI is InChI=1S/C13H11NO5S2/c15-13(16)11-3-4-12(20-11)14-21(17,18)9-1-2-10-8(7-9)5-6-19-10/h1-4,7,14H,5-6H2,(H,15,16). The van der Waals surface area contributed by atoms with Gasteiger partial charge in [-0.15, -0.1) is 11.3 Å². The molecule has 1 aromatic carbocycles. The second-order valence-corrected chi connectivity index (χ2v) is 7.21. The molecule has 0 fully saturated rings. The summed E-state index contributed by atoms with van der Waals surface area (Å²) in [4.78, 5) is 11.0. The third-order valence-corrected chi connectivity index (χ3v) is 5.50. The Hall–Kier alpha value is -2.06. The summed E-state index contributed by atoms with van der Waals surface area (Å²) in [6.07, 6.45) is 0.681. The largest absolute Gasteiger partial charge is 0.493 e. The average Bonchev–Trinajstić information content (AvgIpc) is 3.05. The number of hydrogen-bond donors (Lipinski definition) is 2. The first-order valence-corrected chi connectivity index (χ1v) is 8.37. The Bertz CT molecular complexity index is 810. The molecule has 2 N–H and O–H groups in total. The van der Waals surface area contributed by atoms with Crippen LogP contribution in [0.3, 0.4) is 0 Å². The van der Waals surface area contributed by atoms with Crippen molar-refractivity contribution in [1.82, 2.24) is 0 Å². The van der Waals surface area contributed by atoms with Crippen LogP contribution in [0.1, 0.15) is 15.2 Å². The minimum absolute atomic E-state index is 0.0788. The van der Waals surface area contributed by atoms with Crippen LogP contribution in [0.25, 0.3) is 0 Å². The van der Waals surface area contributed by atoms with E-state index in [1.807, 2.05) is 0 Å². The van der Waals surface area contributed by atoms with Crippen molar-refractivity contribution in [2.45, 2.75) is 11.3 Å². The number of rotatable bonds is 4. The van der Waals surface area contributed by atoms with Crippen molar-refractivity contribution in [2.24, 2.45) is 0 Å². The number of anilines is 1. The van der Waals surface area contributed by atoms with E-state index >= 15 is 0 Å². The molecule has 3 rings (SSSR count). The summed E-state index contributed by atoms with van der Waals surface area (Å²) in [7, 11) is -3.74. The van der Waals surface area contributed by atoms with Gasteiger partial charge in [0.05, 0.1) is 11.5 Å². The van der Waals surface area contributed by atoms with Crippen LogP contribution in [0, 0.1) is 0 Å². The van der Waals surface area contributed by atoms with Gasteiger partial charge in [-0.05, 0) is 35.9 Å². The van der Waals surface area contributed by atoms with Crippen molar-refractivity contribution < 1.29 is 23.1 Å². The molecule has 1 aromatic heterocycles. The quantitative estimate of drug-likeness (QED) is 0.899. The van der Waals surface area contributed by atoms with E-state index in [1.54, 1.807) is 12.1 Å². The molecule has 110 valence electrons. The van der Waals surface area contributed by atoms with Crippen molar-refractivity contribution >= 4 is 32.3 Å². The van der Waals surface area contributed by atoms with Crippen molar-refractivity contribution in [1.29, 1.82) is 0 Å². The minimum Gasteiger partial charge on any atom is -0.493 e. The van der Waals surface area contributed by atoms with E-state index in [2.05, 4.69) is 4.72 Å². The summed E-state index contributed by atoms with van der Waals surface area (Å²) in [5.74, 6) is -0.377. The van der Waals surface area contributed by atoms with Crippen LogP contribution < -0.4 is 9.46 Å². The Labute approximate surface area is 125 Å². The lowest BCUT2D eigenvalue weighted by Crippen LogP contribution is -2.12. The summed E-state index contributed by atoms with van der Waals surface area (Å²) in [5.41, 5.74) is 0.857. The Kier molecular flexibility index (Phi) is 3.34. The summed E-state index contributed by atoms with van der Waals surface area (Å²) >= 11 is 0.873. The van der Waals surface area contributed by atoms with Crippen LogP contribution in [0.15, 0.2) is 35.2 Å². The molecule has 21 heavy (non-hydrogen) atoms. The van der Waals surface area contributed by atoms with Gasteiger partial charge in [-0.1, -0.05) is 0 Å². The topological polar surface area (TPSA) is 92.7 Å². The van der Waals surface area contributed by atoms with E-state index in [1.165, 1.54) is 18.2 Å². The molecule has 2 heterocycles. The molecule has 2 aromatic rings. The Balaban J connectivity index is 1.88. The zero-order chi connectivity index (χ0) is 15.0. The second-order valence-electron chi connectivity index (χ2n) is 4.44. The molecule has 0 atom stereocenters. The number of thiophene rings is 1. The predicted molar refractivity (Wildman–Crippen MR) is 77.7 cm³/mol. The molecule has 0 spiro atoms. The second kappa shape index (κ2) is 5.05. The third-order valence-electron chi connectivity index (χ3n) is 3.02. The maximum Gasteiger partial charge on any atom is 0.345 e. The van der Waals surface area contributed by atoms with Gasteiger partial charge in [0, 0.05) is 6.42 Å². The molecular weight excluding hydrogens is 314 g/mol. The highest BCUT2D eigenvalue weighted by atomic mass is 32.2. The van der Waals surface area contributed by atoms with E-state index in [-0.39, 0.29) is 14.8 Å². The molecule has 0 radical (unpaired) electrons. The summed E-state index contributed by atoms with van der Waals surface area (Å²) in [6.45, 7) is 0.555. The third kappa shape index (κ3) is 2.72. The zero-order valence-electron chi connectivity index (χ0n) is 10.7. The predicted octanol–water partition coefficient (Wildman–Crippen LogP) is 2.18. The van der Waals surface area contributed by atoms with Crippen LogP contribution in [0.2, 0.25) is 0 Å². The summed E-state index contributed by atoms with van der Waals surface area (Å²) in [5, 5.41) is 9.11. The van der Waals surface area contributed by atoms with Crippen molar-refractivity contribution in [3.05, 3.63) is 40.8 Å². The molecule has 8 heteroatoms. The molecule has 0 unspecified atom stereocenters. The van der Waals surface area contributed by atoms with E-state index in [0.717, 1.165) is 16.9 Å². The lowest BCUT2D eigenvalue weighted by Gasteiger charge is -2.07. The Morgan fingerprint density at radius 2 is 2.10 bits per heavy atom. The molecule has 1 aliphatic rings. The first kappa shape index (κ1) is 13.9. The van der Waals surface area contributed by atoms with Gasteiger partial charge >= 0.3 is 5.97 Å². The zero-order valence-corrected chi connectivity index (χ0v) is 12.3. The maximum absolute atomic E-state index is 12.3. The Morgan fingerprint density at radius 1 is 1.29 bits per heavy atom. The number of fused-ring (bicyclic) bond motifs is 1. The normalized spacial score (nSPS) is 13.5. The first-order valence-electron chi connectivity index (χ1n) is 6.07. The number of sulfonamides is 1. The summed E-state index contributed by atoms with van der Waals surface area (Å²) < 4.78 is 32.3. The molecular formula is C13H11NO5S2. The highest BCUT2D eigenvalue weighted by Crippen LogP contribution is 2.29. The minimum atomic E-state index is -3.74. The molecule has 6 nitrogen and oxygen atoms in total. The van der Waals surface area contributed by atoms with Gasteiger partial charge in [0.1, 0.15) is 15.6 Å². The highest BCUT2D eigenvalue weighted by Gasteiger charge is 2.20. The van der Waals surface area contributed by atoms with Crippen molar-refractivity contribution in [2.75, 3.05) is 11.3 Å². The molecule has 0 bridgehead atoms. The number of benzene rings is 1. The van der Waals surface area contributed by atoms with E-state index in [4.69, 9.17) is 9.84 Å². The molecule has 1 aliphatic heterocycles. The van der Waals surface area contributed by atoms with Crippen LogP contribution >= 0.6 is 11.3 Å². The van der Waals surface area contributed by atoms with E-state index < -0.39 is 16.0 Å². The van der Waals surface area contributed by atoms with Gasteiger partial charge in [0.2, 0.25) is 0 Å². The van der Waals surface area contributed by atoms with Gasteiger partial charge < -0.3 is 9.84 Å². The first-order chi connectivity index (χ1) is 9.95. The highest BCUT2D eigenvalue weighted by molar-refractivity contribution is 7.93. The van der Waals surface area contributed by atoms with Gasteiger partial charge in [-0.2, -0.15) is 0 Å². The van der Waals surface area contributed by atoms with Gasteiger partial charge in [0.25, 0.3) is 10.0 Å². The number of carboxylic acids is 1. The molecule has 0 saturated heterocycles. The fraction of sp³-hybridized carbons (Fsp3) is 0.154. The summed E-state index contributed by atoms with van der Waals surface area (Å²) in [6, 6.07) is 7.48. The maximum atomic E-state index is 12.3. The number of nitrogens with one attached hydrogen (secondary N) is 1. The fourth-order valence-corrected chi connectivity index (χ4v) is 4.12. The van der Waals surface area contributed by atoms with Gasteiger partial charge in [-0.25, -0.2) is 13.2 Å². The van der Waals surface area contributed by atoms with Crippen molar-refractivity contribution in [3.63, 3.8) is 0 Å². The fourth-order valence-electron chi connectivity index (χ4n) is 2.03. The van der Waals surface area contributed by atoms with Gasteiger partial charge in [0.15, 0.2) is 0 Å². The van der Waals surface area contributed by atoms with Crippen LogP contribution in [-0.4, -0.2) is 26.1 Å². The van der Waals surface area contributed by atoms with Gasteiger partial charge in [-0.3, -0.25) is 4.72 Å². The lowest BCUT2D eigenvalue weighted by atomic mass is 10.2. The Morgan fingerprint density at radius 3 is 2.81 bits per heavy atom. The lowest BCUT2D eigenvalue weighted by molar-refractivity contribution is 0.0702. The van der Waals surface area contributed by atoms with E-state index in [9.17, 15) is 13.2 Å². The number of carbonyl (C=O) groups is 1. The van der Waals surface area contributed by atoms with Crippen LogP contribution in [0.5, 0.6) is 5.75 Å². The van der Waals surface area contributed by atoms with Crippen molar-refractivity contribution in [3.8, 4) is 5.75 Å². The monoisotopic (exact) mass is 325 g/mol. The van der Waals surface area contributed by atoms with Crippen LogP contribution in [-0.2, 0) is 16.4 Å². The molecule has 0 aliphatic carbocycles. The number of aromatic carboxylic acids is 1.